The third-order valence-corrected chi connectivity index (χ3v) is 5.48. The van der Waals surface area contributed by atoms with Crippen LogP contribution in [0.25, 0.3) is 0 Å². The molecular formula is C25H25N5O2. The van der Waals surface area contributed by atoms with Crippen LogP contribution in [0.15, 0.2) is 67.1 Å². The molecular weight excluding hydrogens is 402 g/mol. The molecule has 1 amide bonds. The highest BCUT2D eigenvalue weighted by Crippen LogP contribution is 2.19. The number of benzene rings is 1. The first-order chi connectivity index (χ1) is 15.7. The second-order valence-corrected chi connectivity index (χ2v) is 7.83. The number of carbonyl (C=O) groups excluding carboxylic acids is 1. The monoisotopic (exact) mass is 427 g/mol. The Hall–Kier alpha value is -3.76. The van der Waals surface area contributed by atoms with Crippen molar-refractivity contribution in [1.82, 2.24) is 20.2 Å². The summed E-state index contributed by atoms with van der Waals surface area (Å²) < 4.78 is 6.07. The van der Waals surface area contributed by atoms with E-state index in [0.29, 0.717) is 23.6 Å². The Bertz CT molecular complexity index is 1070. The fourth-order valence-electron chi connectivity index (χ4n) is 3.73. The minimum atomic E-state index is -0.140. The smallest absolute Gasteiger partial charge is 0.251 e. The van der Waals surface area contributed by atoms with Crippen LogP contribution in [-0.2, 0) is 13.1 Å². The number of nitrogens with zero attached hydrogens (tertiary/aromatic N) is 4. The highest BCUT2D eigenvalue weighted by Gasteiger charge is 2.21. The average Bonchev–Trinajstić information content (AvgIpc) is 2.85. The van der Waals surface area contributed by atoms with Gasteiger partial charge in [0, 0.05) is 56.4 Å². The molecule has 0 bridgehead atoms. The number of amides is 1. The first-order valence-corrected chi connectivity index (χ1v) is 10.7. The Kier molecular flexibility index (Phi) is 7.05. The minimum absolute atomic E-state index is 0.140. The van der Waals surface area contributed by atoms with Gasteiger partial charge in [0.2, 0.25) is 5.88 Å². The summed E-state index contributed by atoms with van der Waals surface area (Å²) >= 11 is 0. The zero-order chi connectivity index (χ0) is 22.2. The zero-order valence-corrected chi connectivity index (χ0v) is 17.8. The number of hydrogen-bond donors (Lipinski definition) is 1. The van der Waals surface area contributed by atoms with Crippen LogP contribution in [0.4, 0.5) is 0 Å². The summed E-state index contributed by atoms with van der Waals surface area (Å²) in [4.78, 5) is 22.8. The van der Waals surface area contributed by atoms with E-state index >= 15 is 0 Å². The van der Waals surface area contributed by atoms with Gasteiger partial charge in [-0.15, -0.1) is 0 Å². The lowest BCUT2D eigenvalue weighted by Crippen LogP contribution is -2.37. The maximum absolute atomic E-state index is 12.1. The van der Waals surface area contributed by atoms with Crippen LogP contribution in [0.3, 0.4) is 0 Å². The van der Waals surface area contributed by atoms with Gasteiger partial charge in [0.15, 0.2) is 0 Å². The lowest BCUT2D eigenvalue weighted by atomic mass is 10.1. The molecule has 0 spiro atoms. The van der Waals surface area contributed by atoms with Gasteiger partial charge < -0.3 is 10.1 Å². The van der Waals surface area contributed by atoms with Crippen molar-refractivity contribution < 1.29 is 9.53 Å². The molecule has 0 saturated carbocycles. The van der Waals surface area contributed by atoms with Crippen LogP contribution < -0.4 is 10.1 Å². The van der Waals surface area contributed by atoms with Crippen molar-refractivity contribution in [1.29, 1.82) is 5.26 Å². The fraction of sp³-hybridized carbons (Fsp3) is 0.280. The third kappa shape index (κ3) is 5.90. The number of piperidine rings is 1. The molecule has 2 aromatic heterocycles. The second-order valence-electron chi connectivity index (χ2n) is 7.83. The van der Waals surface area contributed by atoms with Crippen molar-refractivity contribution in [2.24, 2.45) is 0 Å². The molecule has 3 aromatic rings. The topological polar surface area (TPSA) is 91.1 Å². The van der Waals surface area contributed by atoms with E-state index in [9.17, 15) is 4.79 Å². The second kappa shape index (κ2) is 10.5. The highest BCUT2D eigenvalue weighted by atomic mass is 16.5. The largest absolute Gasteiger partial charge is 0.474 e. The predicted molar refractivity (Wildman–Crippen MR) is 120 cm³/mol. The Morgan fingerprint density at radius 2 is 1.94 bits per heavy atom. The lowest BCUT2D eigenvalue weighted by molar-refractivity contribution is 0.0932. The summed E-state index contributed by atoms with van der Waals surface area (Å²) in [7, 11) is 0. The van der Waals surface area contributed by atoms with Crippen LogP contribution in [0.5, 0.6) is 5.88 Å². The number of nitrogens with one attached hydrogen (secondary N) is 1. The van der Waals surface area contributed by atoms with Crippen molar-refractivity contribution in [3.63, 3.8) is 0 Å². The number of pyridine rings is 2. The molecule has 7 heteroatoms. The number of hydrogen-bond acceptors (Lipinski definition) is 6. The van der Waals surface area contributed by atoms with Gasteiger partial charge in [-0.05, 0) is 48.2 Å². The first kappa shape index (κ1) is 21.5. The van der Waals surface area contributed by atoms with Crippen LogP contribution >= 0.6 is 0 Å². The molecule has 4 rings (SSSR count). The first-order valence-electron chi connectivity index (χ1n) is 10.7. The van der Waals surface area contributed by atoms with Gasteiger partial charge in [0.05, 0.1) is 11.6 Å². The van der Waals surface area contributed by atoms with Gasteiger partial charge in [0.1, 0.15) is 6.10 Å². The van der Waals surface area contributed by atoms with Crippen molar-refractivity contribution in [2.75, 3.05) is 13.1 Å². The summed E-state index contributed by atoms with van der Waals surface area (Å²) in [6.07, 6.45) is 6.94. The molecule has 7 nitrogen and oxygen atoms in total. The summed E-state index contributed by atoms with van der Waals surface area (Å²) in [5, 5.41) is 11.9. The van der Waals surface area contributed by atoms with Crippen LogP contribution in [0.2, 0.25) is 0 Å². The van der Waals surface area contributed by atoms with E-state index in [4.69, 9.17) is 10.00 Å². The molecule has 1 fully saturated rings. The van der Waals surface area contributed by atoms with E-state index in [1.807, 2.05) is 30.3 Å². The number of likely N-dealkylation sites (tertiary alicyclic amines) is 1. The van der Waals surface area contributed by atoms with E-state index in [1.165, 1.54) is 0 Å². The van der Waals surface area contributed by atoms with Crippen LogP contribution in [0.1, 0.15) is 39.9 Å². The van der Waals surface area contributed by atoms with E-state index in [1.54, 1.807) is 30.7 Å². The number of ether oxygens (including phenoxy) is 1. The summed E-state index contributed by atoms with van der Waals surface area (Å²) in [6, 6.07) is 17.1. The molecule has 1 aromatic carbocycles. The number of rotatable bonds is 7. The van der Waals surface area contributed by atoms with E-state index in [-0.39, 0.29) is 12.0 Å². The molecule has 1 saturated heterocycles. The number of aromatic nitrogens is 2. The Morgan fingerprint density at radius 3 is 2.66 bits per heavy atom. The molecule has 0 radical (unpaired) electrons. The van der Waals surface area contributed by atoms with Gasteiger partial charge in [-0.3, -0.25) is 14.7 Å². The molecule has 0 aliphatic carbocycles. The third-order valence-electron chi connectivity index (χ3n) is 5.48. The van der Waals surface area contributed by atoms with Crippen molar-refractivity contribution in [2.45, 2.75) is 32.0 Å². The van der Waals surface area contributed by atoms with Crippen molar-refractivity contribution in [3.8, 4) is 11.9 Å². The Labute approximate surface area is 187 Å². The normalized spacial score (nSPS) is 14.5. The van der Waals surface area contributed by atoms with E-state index in [2.05, 4.69) is 32.3 Å². The highest BCUT2D eigenvalue weighted by molar-refractivity contribution is 5.93. The van der Waals surface area contributed by atoms with Gasteiger partial charge in [-0.1, -0.05) is 18.2 Å². The molecule has 1 aliphatic heterocycles. The number of carbonyl (C=O) groups is 1. The predicted octanol–water partition coefficient (Wildman–Crippen LogP) is 3.32. The van der Waals surface area contributed by atoms with Crippen LogP contribution in [0, 0.1) is 11.3 Å². The van der Waals surface area contributed by atoms with Crippen molar-refractivity contribution >= 4 is 5.91 Å². The molecule has 3 heterocycles. The van der Waals surface area contributed by atoms with Gasteiger partial charge in [-0.2, -0.15) is 5.26 Å². The molecule has 1 N–H and O–H groups in total. The minimum Gasteiger partial charge on any atom is -0.474 e. The van der Waals surface area contributed by atoms with Gasteiger partial charge in [-0.25, -0.2) is 4.98 Å². The molecule has 32 heavy (non-hydrogen) atoms. The quantitative estimate of drug-likeness (QED) is 0.622. The van der Waals surface area contributed by atoms with Gasteiger partial charge in [0.25, 0.3) is 5.91 Å². The maximum atomic E-state index is 12.1. The number of nitriles is 1. The van der Waals surface area contributed by atoms with Gasteiger partial charge >= 0.3 is 0 Å². The van der Waals surface area contributed by atoms with Crippen molar-refractivity contribution in [3.05, 3.63) is 89.4 Å². The van der Waals surface area contributed by atoms with E-state index in [0.717, 1.165) is 43.6 Å². The summed E-state index contributed by atoms with van der Waals surface area (Å²) in [5.41, 5.74) is 3.36. The van der Waals surface area contributed by atoms with E-state index < -0.39 is 0 Å². The average molecular weight is 428 g/mol. The summed E-state index contributed by atoms with van der Waals surface area (Å²) in [6.45, 7) is 3.14. The maximum Gasteiger partial charge on any atom is 0.251 e. The zero-order valence-electron chi connectivity index (χ0n) is 17.8. The Balaban J connectivity index is 1.21. The lowest BCUT2D eigenvalue weighted by Gasteiger charge is -2.31. The standard InChI is InChI=1S/C25H25N5O2/c26-15-19-2-1-3-20(14-19)18-30-12-8-23(9-13-30)32-24-5-4-21(16-28-24)17-29-25(31)22-6-10-27-11-7-22/h1-7,10-11,14,16,23H,8-9,12-13,17-18H2,(H,29,31). The SMILES string of the molecule is N#Cc1cccc(CN2CCC(Oc3ccc(CNC(=O)c4ccncc4)cn3)CC2)c1. The molecule has 0 unspecified atom stereocenters. The summed E-state index contributed by atoms with van der Waals surface area (Å²) in [5.74, 6) is 0.466. The molecule has 1 aliphatic rings. The van der Waals surface area contributed by atoms with Crippen LogP contribution in [-0.4, -0.2) is 40.0 Å². The molecule has 0 atom stereocenters. The molecule has 162 valence electrons. The fourth-order valence-corrected chi connectivity index (χ4v) is 3.73. The Morgan fingerprint density at radius 1 is 1.12 bits per heavy atom.